The summed E-state index contributed by atoms with van der Waals surface area (Å²) in [7, 11) is 3.71. The van der Waals surface area contributed by atoms with Gasteiger partial charge in [-0.15, -0.1) is 0 Å². The van der Waals surface area contributed by atoms with Crippen LogP contribution in [-0.4, -0.2) is 20.7 Å². The maximum absolute atomic E-state index is 9.08. The number of anilines is 1. The lowest BCUT2D eigenvalue weighted by Gasteiger charge is -2.27. The molecule has 1 aromatic rings. The molecule has 0 saturated heterocycles. The van der Waals surface area contributed by atoms with Gasteiger partial charge in [0.1, 0.15) is 5.75 Å². The first-order valence-electron chi connectivity index (χ1n) is 6.08. The molecule has 1 aromatic carbocycles. The molecule has 0 aliphatic carbocycles. The van der Waals surface area contributed by atoms with E-state index in [1.165, 1.54) is 0 Å². The van der Waals surface area contributed by atoms with Crippen LogP contribution in [0.15, 0.2) is 12.1 Å². The Balaban J connectivity index is 3.02. The molecule has 98 valence electrons. The molecule has 3 heteroatoms. The van der Waals surface area contributed by atoms with Gasteiger partial charge in [0.25, 0.3) is 0 Å². The van der Waals surface area contributed by atoms with Crippen molar-refractivity contribution in [2.24, 2.45) is 5.41 Å². The fourth-order valence-electron chi connectivity index (χ4n) is 2.19. The van der Waals surface area contributed by atoms with Crippen molar-refractivity contribution in [3.8, 4) is 11.8 Å². The number of aryl methyl sites for hydroxylation is 2. The molecule has 0 bridgehead atoms. The minimum absolute atomic E-state index is 0.351. The van der Waals surface area contributed by atoms with E-state index in [1.807, 2.05) is 34.7 Å². The standard InChI is InChI=1S/C15H22N2O/c1-11-7-13(8-12(2)14(11)18-6)17(5)10-15(3,4)9-16/h7-8H,10H2,1-6H3. The maximum Gasteiger partial charge on any atom is 0.124 e. The fraction of sp³-hybridized carbons (Fsp3) is 0.533. The second-order valence-electron chi connectivity index (χ2n) is 5.46. The lowest BCUT2D eigenvalue weighted by Crippen LogP contribution is -2.30. The number of hydrogen-bond donors (Lipinski definition) is 0. The fourth-order valence-corrected chi connectivity index (χ4v) is 2.19. The van der Waals surface area contributed by atoms with Gasteiger partial charge in [0.15, 0.2) is 0 Å². The normalized spacial score (nSPS) is 10.9. The average molecular weight is 246 g/mol. The molecule has 0 heterocycles. The highest BCUT2D eigenvalue weighted by atomic mass is 16.5. The van der Waals surface area contributed by atoms with Crippen LogP contribution in [0.4, 0.5) is 5.69 Å². The Kier molecular flexibility index (Phi) is 4.24. The zero-order valence-electron chi connectivity index (χ0n) is 12.2. The van der Waals surface area contributed by atoms with Crippen LogP contribution in [0.2, 0.25) is 0 Å². The molecule has 0 aliphatic rings. The van der Waals surface area contributed by atoms with Crippen molar-refractivity contribution in [1.29, 1.82) is 5.26 Å². The van der Waals surface area contributed by atoms with Crippen molar-refractivity contribution in [1.82, 2.24) is 0 Å². The molecule has 0 aromatic heterocycles. The summed E-state index contributed by atoms with van der Waals surface area (Å²) in [5.74, 6) is 0.937. The minimum Gasteiger partial charge on any atom is -0.496 e. The van der Waals surface area contributed by atoms with E-state index in [9.17, 15) is 0 Å². The van der Waals surface area contributed by atoms with Crippen LogP contribution in [0.25, 0.3) is 0 Å². The van der Waals surface area contributed by atoms with Crippen molar-refractivity contribution < 1.29 is 4.74 Å². The first kappa shape index (κ1) is 14.4. The van der Waals surface area contributed by atoms with Gasteiger partial charge in [-0.25, -0.2) is 0 Å². The van der Waals surface area contributed by atoms with Crippen LogP contribution in [0, 0.1) is 30.6 Å². The highest BCUT2D eigenvalue weighted by molar-refractivity contribution is 5.56. The maximum atomic E-state index is 9.08. The van der Waals surface area contributed by atoms with Gasteiger partial charge in [-0.3, -0.25) is 0 Å². The van der Waals surface area contributed by atoms with Gasteiger partial charge < -0.3 is 9.64 Å². The lowest BCUT2D eigenvalue weighted by molar-refractivity contribution is 0.408. The first-order valence-corrected chi connectivity index (χ1v) is 6.08. The Morgan fingerprint density at radius 3 is 2.17 bits per heavy atom. The Bertz CT molecular complexity index is 449. The zero-order valence-corrected chi connectivity index (χ0v) is 12.2. The lowest BCUT2D eigenvalue weighted by atomic mass is 9.95. The van der Waals surface area contributed by atoms with E-state index >= 15 is 0 Å². The Morgan fingerprint density at radius 1 is 1.28 bits per heavy atom. The zero-order chi connectivity index (χ0) is 13.9. The molecule has 0 unspecified atom stereocenters. The smallest absolute Gasteiger partial charge is 0.124 e. The molecule has 0 N–H and O–H groups in total. The van der Waals surface area contributed by atoms with E-state index in [4.69, 9.17) is 10.00 Å². The van der Waals surface area contributed by atoms with E-state index in [2.05, 4.69) is 23.1 Å². The van der Waals surface area contributed by atoms with Crippen LogP contribution in [0.3, 0.4) is 0 Å². The summed E-state index contributed by atoms with van der Waals surface area (Å²) in [6, 6.07) is 6.52. The number of rotatable bonds is 4. The molecule has 0 fully saturated rings. The third kappa shape index (κ3) is 3.16. The number of hydrogen-bond acceptors (Lipinski definition) is 3. The SMILES string of the molecule is COc1c(C)cc(N(C)CC(C)(C)C#N)cc1C. The van der Waals surface area contributed by atoms with E-state index < -0.39 is 0 Å². The van der Waals surface area contributed by atoms with Gasteiger partial charge in [0.05, 0.1) is 18.6 Å². The number of methoxy groups -OCH3 is 1. The molecule has 0 saturated carbocycles. The van der Waals surface area contributed by atoms with Crippen LogP contribution >= 0.6 is 0 Å². The van der Waals surface area contributed by atoms with Crippen LogP contribution in [0.1, 0.15) is 25.0 Å². The highest BCUT2D eigenvalue weighted by Crippen LogP contribution is 2.29. The molecule has 0 atom stereocenters. The summed E-state index contributed by atoms with van der Waals surface area (Å²) >= 11 is 0. The van der Waals surface area contributed by atoms with Crippen LogP contribution in [0.5, 0.6) is 5.75 Å². The first-order chi connectivity index (χ1) is 8.30. The van der Waals surface area contributed by atoms with Crippen molar-refractivity contribution in [2.75, 3.05) is 25.6 Å². The van der Waals surface area contributed by atoms with Crippen molar-refractivity contribution >= 4 is 5.69 Å². The molecule has 3 nitrogen and oxygen atoms in total. The van der Waals surface area contributed by atoms with Gasteiger partial charge in [-0.2, -0.15) is 5.26 Å². The number of nitriles is 1. The van der Waals surface area contributed by atoms with Gasteiger partial charge in [0, 0.05) is 19.3 Å². The molecule has 0 radical (unpaired) electrons. The second-order valence-corrected chi connectivity index (χ2v) is 5.46. The van der Waals surface area contributed by atoms with Crippen molar-refractivity contribution in [3.05, 3.63) is 23.3 Å². The van der Waals surface area contributed by atoms with Gasteiger partial charge >= 0.3 is 0 Å². The number of benzene rings is 1. The third-order valence-corrected chi connectivity index (χ3v) is 3.03. The van der Waals surface area contributed by atoms with E-state index in [0.717, 1.165) is 22.6 Å². The van der Waals surface area contributed by atoms with Gasteiger partial charge in [-0.05, 0) is 51.0 Å². The van der Waals surface area contributed by atoms with Crippen LogP contribution in [-0.2, 0) is 0 Å². The molecule has 0 amide bonds. The number of ether oxygens (including phenoxy) is 1. The predicted molar refractivity (Wildman–Crippen MR) is 75.1 cm³/mol. The average Bonchev–Trinajstić information content (AvgIpc) is 2.28. The summed E-state index contributed by atoms with van der Waals surface area (Å²) in [5, 5.41) is 9.08. The van der Waals surface area contributed by atoms with Gasteiger partial charge in [-0.1, -0.05) is 0 Å². The van der Waals surface area contributed by atoms with E-state index in [1.54, 1.807) is 7.11 Å². The summed E-state index contributed by atoms with van der Waals surface area (Å²) in [5.41, 5.74) is 3.01. The largest absolute Gasteiger partial charge is 0.496 e. The second kappa shape index (κ2) is 5.30. The van der Waals surface area contributed by atoms with Crippen LogP contribution < -0.4 is 9.64 Å². The summed E-state index contributed by atoms with van der Waals surface area (Å²) < 4.78 is 5.36. The van der Waals surface area contributed by atoms with E-state index in [-0.39, 0.29) is 5.41 Å². The Labute approximate surface area is 110 Å². The topological polar surface area (TPSA) is 36.3 Å². The molecule has 1 rings (SSSR count). The quantitative estimate of drug-likeness (QED) is 0.818. The number of nitrogens with zero attached hydrogens (tertiary/aromatic N) is 2. The molecular weight excluding hydrogens is 224 g/mol. The molecule has 18 heavy (non-hydrogen) atoms. The van der Waals surface area contributed by atoms with Crippen molar-refractivity contribution in [2.45, 2.75) is 27.7 Å². The van der Waals surface area contributed by atoms with E-state index in [0.29, 0.717) is 6.54 Å². The van der Waals surface area contributed by atoms with Gasteiger partial charge in [0.2, 0.25) is 0 Å². The molecular formula is C15H22N2O. The minimum atomic E-state index is -0.351. The highest BCUT2D eigenvalue weighted by Gasteiger charge is 2.20. The Hall–Kier alpha value is -1.69. The summed E-state index contributed by atoms with van der Waals surface area (Å²) in [6.07, 6.45) is 0. The summed E-state index contributed by atoms with van der Waals surface area (Å²) in [4.78, 5) is 2.11. The molecule has 0 aliphatic heterocycles. The Morgan fingerprint density at radius 2 is 1.78 bits per heavy atom. The monoisotopic (exact) mass is 246 g/mol. The third-order valence-electron chi connectivity index (χ3n) is 3.03. The molecule has 0 spiro atoms. The summed E-state index contributed by atoms with van der Waals surface area (Å²) in [6.45, 7) is 8.69. The predicted octanol–water partition coefficient (Wildman–Crippen LogP) is 3.30. The van der Waals surface area contributed by atoms with Crippen molar-refractivity contribution in [3.63, 3.8) is 0 Å².